The van der Waals surface area contributed by atoms with Crippen molar-refractivity contribution < 1.29 is 9.90 Å². The summed E-state index contributed by atoms with van der Waals surface area (Å²) < 4.78 is 0. The Morgan fingerprint density at radius 1 is 1.41 bits per heavy atom. The lowest BCUT2D eigenvalue weighted by molar-refractivity contribution is -0.118. The first-order chi connectivity index (χ1) is 8.20. The number of benzene rings is 1. The molecule has 2 rings (SSSR count). The number of phenolic OH excluding ortho intramolecular Hbond substituents is 1. The van der Waals surface area contributed by atoms with E-state index in [1.165, 1.54) is 5.56 Å². The fourth-order valence-electron chi connectivity index (χ4n) is 2.03. The number of aromatic amines is 1. The van der Waals surface area contributed by atoms with Crippen molar-refractivity contribution in [3.63, 3.8) is 0 Å². The number of hydrogen-bond acceptors (Lipinski definition) is 2. The largest absolute Gasteiger partial charge is 0.508 e. The Bertz CT molecular complexity index is 528. The van der Waals surface area contributed by atoms with Gasteiger partial charge in [-0.25, -0.2) is 0 Å². The standard InChI is InChI=1S/C14H17NO2/c1-2-11(16)5-3-4-10-9-15-14-7-6-12(17)8-13(10)14/h6-9,15,17H,2-5H2,1H3. The summed E-state index contributed by atoms with van der Waals surface area (Å²) in [6.45, 7) is 1.89. The second-order valence-electron chi connectivity index (χ2n) is 4.29. The van der Waals surface area contributed by atoms with Gasteiger partial charge in [-0.3, -0.25) is 4.79 Å². The van der Waals surface area contributed by atoms with Gasteiger partial charge in [-0.15, -0.1) is 0 Å². The number of H-pyrrole nitrogens is 1. The van der Waals surface area contributed by atoms with Gasteiger partial charge in [-0.05, 0) is 36.6 Å². The van der Waals surface area contributed by atoms with E-state index in [9.17, 15) is 9.90 Å². The maximum atomic E-state index is 11.2. The summed E-state index contributed by atoms with van der Waals surface area (Å²) in [5.74, 6) is 0.593. The van der Waals surface area contributed by atoms with Gasteiger partial charge >= 0.3 is 0 Å². The molecule has 0 atom stereocenters. The summed E-state index contributed by atoms with van der Waals surface area (Å²) in [5, 5.41) is 10.5. The van der Waals surface area contributed by atoms with Crippen molar-refractivity contribution in [2.24, 2.45) is 0 Å². The summed E-state index contributed by atoms with van der Waals surface area (Å²) in [7, 11) is 0. The minimum absolute atomic E-state index is 0.281. The number of carbonyl (C=O) groups excluding carboxylic acids is 1. The smallest absolute Gasteiger partial charge is 0.132 e. The number of nitrogens with one attached hydrogen (secondary N) is 1. The number of carbonyl (C=O) groups is 1. The van der Waals surface area contributed by atoms with Crippen LogP contribution in [-0.4, -0.2) is 15.9 Å². The molecule has 0 aliphatic heterocycles. The van der Waals surface area contributed by atoms with E-state index in [4.69, 9.17) is 0 Å². The first-order valence-corrected chi connectivity index (χ1v) is 6.01. The van der Waals surface area contributed by atoms with Crippen LogP contribution in [0.3, 0.4) is 0 Å². The zero-order valence-corrected chi connectivity index (χ0v) is 9.99. The molecule has 0 amide bonds. The van der Waals surface area contributed by atoms with Crippen LogP contribution in [0.5, 0.6) is 5.75 Å². The topological polar surface area (TPSA) is 53.1 Å². The van der Waals surface area contributed by atoms with Crippen LogP contribution in [0.25, 0.3) is 10.9 Å². The van der Waals surface area contributed by atoms with E-state index in [2.05, 4.69) is 4.98 Å². The number of aromatic hydroxyl groups is 1. The second-order valence-corrected chi connectivity index (χ2v) is 4.29. The molecule has 17 heavy (non-hydrogen) atoms. The Hall–Kier alpha value is -1.77. The summed E-state index contributed by atoms with van der Waals surface area (Å²) in [5.41, 5.74) is 2.19. The number of aromatic nitrogens is 1. The lowest BCUT2D eigenvalue weighted by Crippen LogP contribution is -1.95. The average molecular weight is 231 g/mol. The van der Waals surface area contributed by atoms with E-state index >= 15 is 0 Å². The molecule has 1 aromatic heterocycles. The van der Waals surface area contributed by atoms with Crippen molar-refractivity contribution in [3.05, 3.63) is 30.0 Å². The van der Waals surface area contributed by atoms with Crippen LogP contribution in [0.1, 0.15) is 31.7 Å². The predicted octanol–water partition coefficient (Wildman–Crippen LogP) is 3.18. The monoisotopic (exact) mass is 231 g/mol. The molecule has 0 spiro atoms. The van der Waals surface area contributed by atoms with Crippen LogP contribution in [0.2, 0.25) is 0 Å². The van der Waals surface area contributed by atoms with Crippen molar-refractivity contribution in [3.8, 4) is 5.75 Å². The van der Waals surface area contributed by atoms with Crippen LogP contribution < -0.4 is 0 Å². The minimum Gasteiger partial charge on any atom is -0.508 e. The van der Waals surface area contributed by atoms with Gasteiger partial charge in [0.05, 0.1) is 0 Å². The normalized spacial score (nSPS) is 10.9. The number of hydrogen-bond donors (Lipinski definition) is 2. The molecule has 1 heterocycles. The molecular formula is C14H17NO2. The number of rotatable bonds is 5. The van der Waals surface area contributed by atoms with Gasteiger partial charge in [0, 0.05) is 29.9 Å². The molecule has 0 unspecified atom stereocenters. The van der Waals surface area contributed by atoms with Gasteiger partial charge in [0.1, 0.15) is 11.5 Å². The molecule has 0 bridgehead atoms. The number of Topliss-reactive ketones (excluding diaryl/α,β-unsaturated/α-hetero) is 1. The Morgan fingerprint density at radius 3 is 3.00 bits per heavy atom. The maximum absolute atomic E-state index is 11.2. The second kappa shape index (κ2) is 5.04. The molecule has 3 heteroatoms. The minimum atomic E-state index is 0.281. The Balaban J connectivity index is 2.08. The molecule has 2 N–H and O–H groups in total. The van der Waals surface area contributed by atoms with Gasteiger partial charge in [0.2, 0.25) is 0 Å². The highest BCUT2D eigenvalue weighted by atomic mass is 16.3. The maximum Gasteiger partial charge on any atom is 0.132 e. The third-order valence-electron chi connectivity index (χ3n) is 3.05. The summed E-state index contributed by atoms with van der Waals surface area (Å²) in [6.07, 6.45) is 4.96. The number of aryl methyl sites for hydroxylation is 1. The van der Waals surface area contributed by atoms with Crippen molar-refractivity contribution in [2.45, 2.75) is 32.6 Å². The van der Waals surface area contributed by atoms with Crippen molar-refractivity contribution >= 4 is 16.7 Å². The summed E-state index contributed by atoms with van der Waals surface area (Å²) in [4.78, 5) is 14.4. The van der Waals surface area contributed by atoms with E-state index in [1.54, 1.807) is 12.1 Å². The number of phenols is 1. The molecule has 0 radical (unpaired) electrons. The zero-order valence-electron chi connectivity index (χ0n) is 9.99. The SMILES string of the molecule is CCC(=O)CCCc1c[nH]c2ccc(O)cc12. The van der Waals surface area contributed by atoms with Crippen molar-refractivity contribution in [2.75, 3.05) is 0 Å². The average Bonchev–Trinajstić information content (AvgIpc) is 2.72. The van der Waals surface area contributed by atoms with E-state index in [-0.39, 0.29) is 5.75 Å². The summed E-state index contributed by atoms with van der Waals surface area (Å²) in [6, 6.07) is 5.30. The Morgan fingerprint density at radius 2 is 2.24 bits per heavy atom. The number of ketones is 1. The summed E-state index contributed by atoms with van der Waals surface area (Å²) >= 11 is 0. The van der Waals surface area contributed by atoms with Gasteiger partial charge in [-0.1, -0.05) is 6.92 Å². The van der Waals surface area contributed by atoms with Crippen LogP contribution >= 0.6 is 0 Å². The van der Waals surface area contributed by atoms with Crippen LogP contribution in [0.4, 0.5) is 0 Å². The van der Waals surface area contributed by atoms with E-state index < -0.39 is 0 Å². The zero-order chi connectivity index (χ0) is 12.3. The Kier molecular flexibility index (Phi) is 3.47. The third kappa shape index (κ3) is 2.67. The van der Waals surface area contributed by atoms with Crippen molar-refractivity contribution in [1.29, 1.82) is 0 Å². The van der Waals surface area contributed by atoms with Gasteiger partial charge in [0.25, 0.3) is 0 Å². The molecular weight excluding hydrogens is 214 g/mol. The first-order valence-electron chi connectivity index (χ1n) is 6.01. The van der Waals surface area contributed by atoms with Gasteiger partial charge in [0.15, 0.2) is 0 Å². The van der Waals surface area contributed by atoms with E-state index in [0.29, 0.717) is 18.6 Å². The highest BCUT2D eigenvalue weighted by Gasteiger charge is 2.05. The molecule has 0 fully saturated rings. The predicted molar refractivity (Wildman–Crippen MR) is 68.2 cm³/mol. The van der Waals surface area contributed by atoms with Gasteiger partial charge in [-0.2, -0.15) is 0 Å². The molecule has 0 saturated carbocycles. The van der Waals surface area contributed by atoms with E-state index in [1.807, 2.05) is 19.2 Å². The lowest BCUT2D eigenvalue weighted by atomic mass is 10.0. The lowest BCUT2D eigenvalue weighted by Gasteiger charge is -1.99. The Labute approximate surface area is 100 Å². The van der Waals surface area contributed by atoms with Crippen molar-refractivity contribution in [1.82, 2.24) is 4.98 Å². The molecule has 0 saturated heterocycles. The molecule has 0 aliphatic rings. The fourth-order valence-corrected chi connectivity index (χ4v) is 2.03. The van der Waals surface area contributed by atoms with Gasteiger partial charge < -0.3 is 10.1 Å². The quantitative estimate of drug-likeness (QED) is 0.830. The molecule has 1 aromatic carbocycles. The highest BCUT2D eigenvalue weighted by molar-refractivity contribution is 5.84. The third-order valence-corrected chi connectivity index (χ3v) is 3.05. The van der Waals surface area contributed by atoms with Crippen LogP contribution in [-0.2, 0) is 11.2 Å². The molecule has 2 aromatic rings. The fraction of sp³-hybridized carbons (Fsp3) is 0.357. The molecule has 3 nitrogen and oxygen atoms in total. The molecule has 0 aliphatic carbocycles. The van der Waals surface area contributed by atoms with Crippen LogP contribution in [0, 0.1) is 0 Å². The molecule has 90 valence electrons. The highest BCUT2D eigenvalue weighted by Crippen LogP contribution is 2.24. The first kappa shape index (κ1) is 11.7. The van der Waals surface area contributed by atoms with E-state index in [0.717, 1.165) is 23.7 Å². The van der Waals surface area contributed by atoms with Crippen LogP contribution in [0.15, 0.2) is 24.4 Å². The number of fused-ring (bicyclic) bond motifs is 1.